The van der Waals surface area contributed by atoms with Gasteiger partial charge in [-0.25, -0.2) is 4.98 Å². The Morgan fingerprint density at radius 1 is 1.35 bits per heavy atom. The van der Waals surface area contributed by atoms with Crippen LogP contribution in [0.5, 0.6) is 0 Å². The highest BCUT2D eigenvalue weighted by atomic mass is 16.5. The predicted molar refractivity (Wildman–Crippen MR) is 91.5 cm³/mol. The van der Waals surface area contributed by atoms with Gasteiger partial charge >= 0.3 is 0 Å². The predicted octanol–water partition coefficient (Wildman–Crippen LogP) is 1.32. The van der Waals surface area contributed by atoms with Crippen LogP contribution in [-0.4, -0.2) is 50.8 Å². The molecule has 0 radical (unpaired) electrons. The van der Waals surface area contributed by atoms with Crippen LogP contribution in [0.15, 0.2) is 18.3 Å². The van der Waals surface area contributed by atoms with Gasteiger partial charge in [-0.05, 0) is 50.9 Å². The highest BCUT2D eigenvalue weighted by Crippen LogP contribution is 2.29. The average molecular weight is 320 g/mol. The van der Waals surface area contributed by atoms with E-state index in [0.717, 1.165) is 50.3 Å². The lowest BCUT2D eigenvalue weighted by molar-refractivity contribution is -0.136. The number of carbonyl (C=O) groups is 1. The number of anilines is 1. The van der Waals surface area contributed by atoms with Crippen molar-refractivity contribution in [3.63, 3.8) is 0 Å². The van der Waals surface area contributed by atoms with Gasteiger partial charge in [0.2, 0.25) is 5.91 Å². The molecule has 1 amide bonds. The molecule has 0 bridgehead atoms. The molecule has 1 aromatic heterocycles. The highest BCUT2D eigenvalue weighted by Gasteiger charge is 2.39. The second-order valence-electron chi connectivity index (χ2n) is 6.22. The van der Waals surface area contributed by atoms with Crippen LogP contribution in [0.2, 0.25) is 0 Å². The van der Waals surface area contributed by atoms with Gasteiger partial charge in [0.15, 0.2) is 0 Å². The maximum atomic E-state index is 12.5. The van der Waals surface area contributed by atoms with Crippen molar-refractivity contribution in [2.24, 2.45) is 5.41 Å². The zero-order chi connectivity index (χ0) is 16.5. The first-order valence-corrected chi connectivity index (χ1v) is 8.31. The molecule has 0 saturated carbocycles. The average Bonchev–Trinajstić information content (AvgIpc) is 2.57. The van der Waals surface area contributed by atoms with Gasteiger partial charge in [0, 0.05) is 26.4 Å². The number of aryl methyl sites for hydroxylation is 1. The quantitative estimate of drug-likeness (QED) is 0.630. The molecule has 2 rings (SSSR count). The van der Waals surface area contributed by atoms with Crippen molar-refractivity contribution in [1.82, 2.24) is 15.6 Å². The monoisotopic (exact) mass is 320 g/mol. The number of aromatic nitrogens is 1. The zero-order valence-corrected chi connectivity index (χ0v) is 14.2. The number of piperidine rings is 1. The Hall–Kier alpha value is -1.66. The second kappa shape index (κ2) is 8.84. The second-order valence-corrected chi connectivity index (χ2v) is 6.22. The Kier molecular flexibility index (Phi) is 6.80. The van der Waals surface area contributed by atoms with E-state index in [-0.39, 0.29) is 11.3 Å². The van der Waals surface area contributed by atoms with Crippen molar-refractivity contribution in [2.45, 2.75) is 26.2 Å². The van der Waals surface area contributed by atoms with Crippen LogP contribution >= 0.6 is 0 Å². The minimum atomic E-state index is -0.369. The lowest BCUT2D eigenvalue weighted by Crippen LogP contribution is -2.50. The van der Waals surface area contributed by atoms with Crippen LogP contribution in [0, 0.1) is 12.3 Å². The number of nitrogens with one attached hydrogen (secondary N) is 3. The van der Waals surface area contributed by atoms with Crippen molar-refractivity contribution in [3.8, 4) is 0 Å². The number of carbonyl (C=O) groups excluding carboxylic acids is 1. The Bertz CT molecular complexity index is 478. The molecule has 1 aromatic rings. The number of hydrogen-bond donors (Lipinski definition) is 3. The van der Waals surface area contributed by atoms with Gasteiger partial charge in [-0.2, -0.15) is 0 Å². The molecule has 0 aromatic carbocycles. The Balaban J connectivity index is 1.70. The van der Waals surface area contributed by atoms with Gasteiger partial charge < -0.3 is 20.7 Å². The summed E-state index contributed by atoms with van der Waals surface area (Å²) in [5, 5.41) is 9.63. The summed E-state index contributed by atoms with van der Waals surface area (Å²) in [6.07, 6.45) is 4.37. The number of nitrogens with zero attached hydrogens (tertiary/aromatic N) is 1. The zero-order valence-electron chi connectivity index (χ0n) is 14.2. The largest absolute Gasteiger partial charge is 0.384 e. The normalized spacial score (nSPS) is 16.8. The molecule has 0 spiro atoms. The molecule has 6 heteroatoms. The van der Waals surface area contributed by atoms with Crippen molar-refractivity contribution < 1.29 is 9.53 Å². The summed E-state index contributed by atoms with van der Waals surface area (Å²) < 4.78 is 5.29. The van der Waals surface area contributed by atoms with E-state index in [1.165, 1.54) is 0 Å². The van der Waals surface area contributed by atoms with Crippen LogP contribution in [0.3, 0.4) is 0 Å². The fourth-order valence-electron chi connectivity index (χ4n) is 2.89. The lowest BCUT2D eigenvalue weighted by atomic mass is 9.78. The maximum absolute atomic E-state index is 12.5. The van der Waals surface area contributed by atoms with Crippen molar-refractivity contribution in [1.29, 1.82) is 0 Å². The number of ether oxygens (including phenoxy) is 1. The molecule has 128 valence electrons. The van der Waals surface area contributed by atoms with E-state index < -0.39 is 0 Å². The number of methoxy groups -OCH3 is 1. The van der Waals surface area contributed by atoms with E-state index in [1.807, 2.05) is 25.3 Å². The first kappa shape index (κ1) is 17.7. The molecule has 1 aliphatic rings. The fourth-order valence-corrected chi connectivity index (χ4v) is 2.89. The molecule has 0 unspecified atom stereocenters. The third-order valence-electron chi connectivity index (χ3n) is 4.32. The topological polar surface area (TPSA) is 75.3 Å². The fraction of sp³-hybridized carbons (Fsp3) is 0.647. The molecule has 0 aliphatic carbocycles. The standard InChI is InChI=1S/C17H28N4O2/c1-14-4-5-15(21-12-14)19-8-3-9-20-16(22)17(13-23-2)6-10-18-11-7-17/h4-5,12,18H,3,6-11,13H2,1-2H3,(H,19,21)(H,20,22). The minimum absolute atomic E-state index is 0.120. The maximum Gasteiger partial charge on any atom is 0.228 e. The molecule has 23 heavy (non-hydrogen) atoms. The SMILES string of the molecule is COCC1(C(=O)NCCCNc2ccc(C)cn2)CCNCC1. The summed E-state index contributed by atoms with van der Waals surface area (Å²) in [4.78, 5) is 16.8. The lowest BCUT2D eigenvalue weighted by Gasteiger charge is -2.35. The molecule has 6 nitrogen and oxygen atoms in total. The molecule has 1 aliphatic heterocycles. The minimum Gasteiger partial charge on any atom is -0.384 e. The summed E-state index contributed by atoms with van der Waals surface area (Å²) in [5.74, 6) is 0.991. The van der Waals surface area contributed by atoms with Gasteiger partial charge in [0.1, 0.15) is 5.82 Å². The Labute approximate surface area is 138 Å². The van der Waals surface area contributed by atoms with Gasteiger partial charge in [-0.1, -0.05) is 6.07 Å². The van der Waals surface area contributed by atoms with Gasteiger partial charge in [0.25, 0.3) is 0 Å². The number of amides is 1. The summed E-state index contributed by atoms with van der Waals surface area (Å²) in [5.41, 5.74) is 0.777. The van der Waals surface area contributed by atoms with Crippen LogP contribution in [0.4, 0.5) is 5.82 Å². The number of hydrogen-bond acceptors (Lipinski definition) is 5. The smallest absolute Gasteiger partial charge is 0.228 e. The van der Waals surface area contributed by atoms with Crippen LogP contribution < -0.4 is 16.0 Å². The van der Waals surface area contributed by atoms with E-state index in [0.29, 0.717) is 13.2 Å². The van der Waals surface area contributed by atoms with E-state index >= 15 is 0 Å². The molecule has 0 atom stereocenters. The Morgan fingerprint density at radius 3 is 2.78 bits per heavy atom. The van der Waals surface area contributed by atoms with E-state index in [2.05, 4.69) is 20.9 Å². The van der Waals surface area contributed by atoms with E-state index in [4.69, 9.17) is 4.74 Å². The van der Waals surface area contributed by atoms with E-state index in [9.17, 15) is 4.79 Å². The summed E-state index contributed by atoms with van der Waals surface area (Å²) in [6.45, 7) is 5.70. The van der Waals surface area contributed by atoms with Gasteiger partial charge in [-0.3, -0.25) is 4.79 Å². The third kappa shape index (κ3) is 5.18. The molecule has 1 fully saturated rings. The summed E-state index contributed by atoms with van der Waals surface area (Å²) >= 11 is 0. The van der Waals surface area contributed by atoms with Gasteiger partial charge in [-0.15, -0.1) is 0 Å². The molecular weight excluding hydrogens is 292 g/mol. The van der Waals surface area contributed by atoms with Crippen molar-refractivity contribution in [2.75, 3.05) is 45.2 Å². The third-order valence-corrected chi connectivity index (χ3v) is 4.32. The van der Waals surface area contributed by atoms with Crippen LogP contribution in [-0.2, 0) is 9.53 Å². The number of pyridine rings is 1. The van der Waals surface area contributed by atoms with Crippen molar-refractivity contribution >= 4 is 11.7 Å². The Morgan fingerprint density at radius 2 is 2.13 bits per heavy atom. The first-order chi connectivity index (χ1) is 11.2. The van der Waals surface area contributed by atoms with E-state index in [1.54, 1.807) is 7.11 Å². The molecule has 2 heterocycles. The molecule has 3 N–H and O–H groups in total. The van der Waals surface area contributed by atoms with Crippen LogP contribution in [0.25, 0.3) is 0 Å². The van der Waals surface area contributed by atoms with Gasteiger partial charge in [0.05, 0.1) is 12.0 Å². The number of rotatable bonds is 8. The van der Waals surface area contributed by atoms with Crippen LogP contribution in [0.1, 0.15) is 24.8 Å². The summed E-state index contributed by atoms with van der Waals surface area (Å²) in [6, 6.07) is 4.00. The summed E-state index contributed by atoms with van der Waals surface area (Å²) in [7, 11) is 1.66. The van der Waals surface area contributed by atoms with Crippen molar-refractivity contribution in [3.05, 3.63) is 23.9 Å². The molecule has 1 saturated heterocycles. The first-order valence-electron chi connectivity index (χ1n) is 8.31. The molecular formula is C17H28N4O2. The highest BCUT2D eigenvalue weighted by molar-refractivity contribution is 5.83.